The summed E-state index contributed by atoms with van der Waals surface area (Å²) >= 11 is 1.68. The second kappa shape index (κ2) is 10.9. The molecule has 1 unspecified atom stereocenters. The molecule has 24 heavy (non-hydrogen) atoms. The Morgan fingerprint density at radius 2 is 2.17 bits per heavy atom. The molecule has 1 atom stereocenters. The summed E-state index contributed by atoms with van der Waals surface area (Å²) in [5.41, 5.74) is 6.34. The molecule has 2 heterocycles. The van der Waals surface area contributed by atoms with Crippen molar-refractivity contribution < 1.29 is 9.59 Å². The number of nitrogens with zero attached hydrogens (tertiary/aromatic N) is 2. The number of rotatable bonds is 5. The largest absolute Gasteiger partial charge is 0.346 e. The molecule has 3 N–H and O–H groups in total. The van der Waals surface area contributed by atoms with Gasteiger partial charge in [0.25, 0.3) is 0 Å². The molecule has 0 aromatic carbocycles. The number of hydrogen-bond donors (Lipinski definition) is 2. The van der Waals surface area contributed by atoms with Gasteiger partial charge < -0.3 is 16.0 Å². The number of hydrogen-bond acceptors (Lipinski definition) is 5. The average molecular weight is 397 g/mol. The number of carbonyl (C=O) groups excluding carboxylic acids is 2. The normalized spacial score (nSPS) is 17.0. The standard InChI is InChI=1S/C15H24N4O2S.2ClH/c1-10(2)12-9-22-15(18-12)11-4-3-5-19(8-11)14(21)7-17-13(20)6-16;;/h9-11H,3-8,16H2,1-2H3,(H,17,20);2*1H. The van der Waals surface area contributed by atoms with Crippen LogP contribution in [0, 0.1) is 0 Å². The highest BCUT2D eigenvalue weighted by atomic mass is 35.5. The number of piperidine rings is 1. The molecule has 0 spiro atoms. The highest BCUT2D eigenvalue weighted by molar-refractivity contribution is 7.09. The lowest BCUT2D eigenvalue weighted by atomic mass is 9.98. The predicted octanol–water partition coefficient (Wildman–Crippen LogP) is 1.89. The smallest absolute Gasteiger partial charge is 0.241 e. The Labute approximate surface area is 159 Å². The van der Waals surface area contributed by atoms with Gasteiger partial charge in [0.05, 0.1) is 23.8 Å². The molecular weight excluding hydrogens is 371 g/mol. The topological polar surface area (TPSA) is 88.3 Å². The first-order chi connectivity index (χ1) is 10.5. The van der Waals surface area contributed by atoms with Gasteiger partial charge in [-0.3, -0.25) is 9.59 Å². The van der Waals surface area contributed by atoms with E-state index in [9.17, 15) is 9.59 Å². The molecule has 1 aliphatic rings. The summed E-state index contributed by atoms with van der Waals surface area (Å²) in [4.78, 5) is 29.8. The number of nitrogens with two attached hydrogens (primary N) is 1. The van der Waals surface area contributed by atoms with Gasteiger partial charge in [-0.1, -0.05) is 13.8 Å². The number of carbonyl (C=O) groups is 2. The minimum Gasteiger partial charge on any atom is -0.346 e. The van der Waals surface area contributed by atoms with Crippen molar-refractivity contribution in [2.24, 2.45) is 5.73 Å². The Kier molecular flexibility index (Phi) is 10.5. The van der Waals surface area contributed by atoms with Gasteiger partial charge in [0.2, 0.25) is 11.8 Å². The van der Waals surface area contributed by atoms with Gasteiger partial charge in [0.15, 0.2) is 0 Å². The van der Waals surface area contributed by atoms with Crippen LogP contribution in [0.15, 0.2) is 5.38 Å². The molecule has 1 aliphatic heterocycles. The lowest BCUT2D eigenvalue weighted by Crippen LogP contribution is -2.45. The highest BCUT2D eigenvalue weighted by Gasteiger charge is 2.26. The van der Waals surface area contributed by atoms with Crippen LogP contribution in [-0.4, -0.2) is 47.9 Å². The second-order valence-electron chi connectivity index (χ2n) is 5.93. The number of thiazole rings is 1. The van der Waals surface area contributed by atoms with Gasteiger partial charge in [-0.15, -0.1) is 36.2 Å². The minimum atomic E-state index is -0.302. The lowest BCUT2D eigenvalue weighted by molar-refractivity contribution is -0.133. The van der Waals surface area contributed by atoms with Gasteiger partial charge >= 0.3 is 0 Å². The van der Waals surface area contributed by atoms with Crippen molar-refractivity contribution in [1.29, 1.82) is 0 Å². The van der Waals surface area contributed by atoms with Crippen molar-refractivity contribution >= 4 is 48.0 Å². The second-order valence-corrected chi connectivity index (χ2v) is 6.81. The summed E-state index contributed by atoms with van der Waals surface area (Å²) in [6.45, 7) is 5.63. The maximum Gasteiger partial charge on any atom is 0.241 e. The van der Waals surface area contributed by atoms with E-state index in [1.807, 2.05) is 4.90 Å². The first kappa shape index (κ1) is 23.1. The molecule has 6 nitrogen and oxygen atoms in total. The van der Waals surface area contributed by atoms with E-state index < -0.39 is 0 Å². The van der Waals surface area contributed by atoms with Crippen LogP contribution in [0.1, 0.15) is 49.2 Å². The molecule has 1 aromatic rings. The summed E-state index contributed by atoms with van der Waals surface area (Å²) < 4.78 is 0. The van der Waals surface area contributed by atoms with Crippen molar-refractivity contribution in [1.82, 2.24) is 15.2 Å². The Balaban J connectivity index is 0.00000264. The van der Waals surface area contributed by atoms with Crippen LogP contribution in [-0.2, 0) is 9.59 Å². The fourth-order valence-corrected chi connectivity index (χ4v) is 3.63. The number of amides is 2. The highest BCUT2D eigenvalue weighted by Crippen LogP contribution is 2.30. The van der Waals surface area contributed by atoms with Crippen molar-refractivity contribution in [2.45, 2.75) is 38.5 Å². The zero-order chi connectivity index (χ0) is 16.1. The first-order valence-corrected chi connectivity index (χ1v) is 8.59. The monoisotopic (exact) mass is 396 g/mol. The molecule has 1 fully saturated rings. The summed E-state index contributed by atoms with van der Waals surface area (Å²) in [6, 6.07) is 0. The van der Waals surface area contributed by atoms with Gasteiger partial charge in [-0.05, 0) is 18.8 Å². The molecule has 1 saturated heterocycles. The maximum atomic E-state index is 12.2. The van der Waals surface area contributed by atoms with E-state index in [0.29, 0.717) is 18.4 Å². The van der Waals surface area contributed by atoms with E-state index >= 15 is 0 Å². The zero-order valence-electron chi connectivity index (χ0n) is 14.0. The quantitative estimate of drug-likeness (QED) is 0.794. The SMILES string of the molecule is CC(C)c1csc(C2CCCN(C(=O)CNC(=O)CN)C2)n1.Cl.Cl. The summed E-state index contributed by atoms with van der Waals surface area (Å²) in [6.07, 6.45) is 2.03. The van der Waals surface area contributed by atoms with E-state index in [1.54, 1.807) is 11.3 Å². The predicted molar refractivity (Wildman–Crippen MR) is 101 cm³/mol. The van der Waals surface area contributed by atoms with Crippen LogP contribution in [0.2, 0.25) is 0 Å². The van der Waals surface area contributed by atoms with Crippen LogP contribution < -0.4 is 11.1 Å². The molecule has 9 heteroatoms. The fraction of sp³-hybridized carbons (Fsp3) is 0.667. The van der Waals surface area contributed by atoms with E-state index in [0.717, 1.165) is 30.1 Å². The van der Waals surface area contributed by atoms with Crippen molar-refractivity contribution in [3.05, 3.63) is 16.1 Å². The van der Waals surface area contributed by atoms with Crippen molar-refractivity contribution in [2.75, 3.05) is 26.2 Å². The third-order valence-corrected chi connectivity index (χ3v) is 4.90. The molecule has 2 rings (SSSR count). The number of likely N-dealkylation sites (tertiary alicyclic amines) is 1. The van der Waals surface area contributed by atoms with Crippen LogP contribution in [0.4, 0.5) is 0 Å². The Hall–Kier alpha value is -0.890. The van der Waals surface area contributed by atoms with Crippen molar-refractivity contribution in [3.8, 4) is 0 Å². The molecule has 138 valence electrons. The average Bonchev–Trinajstić information content (AvgIpc) is 3.02. The Morgan fingerprint density at radius 1 is 1.46 bits per heavy atom. The molecule has 1 aromatic heterocycles. The molecular formula is C15H26Cl2N4O2S. The first-order valence-electron chi connectivity index (χ1n) is 7.71. The van der Waals surface area contributed by atoms with Crippen LogP contribution in [0.5, 0.6) is 0 Å². The van der Waals surface area contributed by atoms with E-state index in [4.69, 9.17) is 10.7 Å². The van der Waals surface area contributed by atoms with Crippen LogP contribution >= 0.6 is 36.2 Å². The lowest BCUT2D eigenvalue weighted by Gasteiger charge is -2.32. The third-order valence-electron chi connectivity index (χ3n) is 3.88. The van der Waals surface area contributed by atoms with Gasteiger partial charge in [0, 0.05) is 24.4 Å². The van der Waals surface area contributed by atoms with E-state index in [2.05, 4.69) is 24.5 Å². The number of nitrogens with one attached hydrogen (secondary N) is 1. The van der Waals surface area contributed by atoms with Gasteiger partial charge in [-0.2, -0.15) is 0 Å². The molecule has 0 radical (unpaired) electrons. The number of halogens is 2. The van der Waals surface area contributed by atoms with Gasteiger partial charge in [0.1, 0.15) is 0 Å². The van der Waals surface area contributed by atoms with Crippen molar-refractivity contribution in [3.63, 3.8) is 0 Å². The summed E-state index contributed by atoms with van der Waals surface area (Å²) in [7, 11) is 0. The summed E-state index contributed by atoms with van der Waals surface area (Å²) in [5.74, 6) is 0.383. The van der Waals surface area contributed by atoms with Crippen LogP contribution in [0.3, 0.4) is 0 Å². The molecule has 0 bridgehead atoms. The molecule has 2 amide bonds. The van der Waals surface area contributed by atoms with Gasteiger partial charge in [-0.25, -0.2) is 4.98 Å². The maximum absolute atomic E-state index is 12.2. The molecule has 0 aliphatic carbocycles. The summed E-state index contributed by atoms with van der Waals surface area (Å²) in [5, 5.41) is 5.77. The molecule has 0 saturated carbocycles. The third kappa shape index (κ3) is 6.20. The fourth-order valence-electron chi connectivity index (χ4n) is 2.52. The van der Waals surface area contributed by atoms with E-state index in [1.165, 1.54) is 0 Å². The minimum absolute atomic E-state index is 0. The number of aromatic nitrogens is 1. The van der Waals surface area contributed by atoms with E-state index in [-0.39, 0.29) is 49.7 Å². The Morgan fingerprint density at radius 3 is 2.75 bits per heavy atom. The zero-order valence-corrected chi connectivity index (χ0v) is 16.4. The Bertz CT molecular complexity index is 539. The van der Waals surface area contributed by atoms with Crippen LogP contribution in [0.25, 0.3) is 0 Å².